The van der Waals surface area contributed by atoms with Crippen LogP contribution >= 0.6 is 0 Å². The SMILES string of the molecule is Cc1ccn2c(=O)c3cc(C#N)c(=N)n(CCO)c3nc2c1. The second-order valence-electron chi connectivity index (χ2n) is 4.98. The van der Waals surface area contributed by atoms with Gasteiger partial charge in [0.1, 0.15) is 22.9 Å². The van der Waals surface area contributed by atoms with Gasteiger partial charge in [0.2, 0.25) is 0 Å². The lowest BCUT2D eigenvalue weighted by Gasteiger charge is -2.11. The maximum atomic E-state index is 12.6. The Labute approximate surface area is 124 Å². The van der Waals surface area contributed by atoms with Crippen molar-refractivity contribution in [2.75, 3.05) is 6.61 Å². The van der Waals surface area contributed by atoms with E-state index in [9.17, 15) is 9.90 Å². The molecule has 0 atom stereocenters. The van der Waals surface area contributed by atoms with Crippen LogP contribution in [0.25, 0.3) is 16.7 Å². The zero-order valence-corrected chi connectivity index (χ0v) is 11.9. The Hall–Kier alpha value is -2.98. The molecule has 0 aliphatic heterocycles. The molecule has 0 unspecified atom stereocenters. The molecule has 3 aromatic heterocycles. The third-order valence-corrected chi connectivity index (χ3v) is 3.51. The third kappa shape index (κ3) is 1.98. The number of nitrogens with zero attached hydrogens (tertiary/aromatic N) is 4. The minimum absolute atomic E-state index is 0.0621. The molecule has 0 aromatic carbocycles. The van der Waals surface area contributed by atoms with Crippen molar-refractivity contribution in [1.29, 1.82) is 10.7 Å². The molecule has 0 saturated carbocycles. The summed E-state index contributed by atoms with van der Waals surface area (Å²) in [6.07, 6.45) is 1.64. The monoisotopic (exact) mass is 295 g/mol. The number of hydrogen-bond donors (Lipinski definition) is 2. The van der Waals surface area contributed by atoms with Crippen molar-refractivity contribution in [3.05, 3.63) is 51.4 Å². The average Bonchev–Trinajstić information content (AvgIpc) is 2.50. The molecule has 110 valence electrons. The first-order valence-corrected chi connectivity index (χ1v) is 6.69. The van der Waals surface area contributed by atoms with Gasteiger partial charge in [-0.1, -0.05) is 0 Å². The lowest BCUT2D eigenvalue weighted by atomic mass is 10.2. The minimum atomic E-state index is -0.303. The first kappa shape index (κ1) is 14.0. The van der Waals surface area contributed by atoms with Gasteiger partial charge in [0.15, 0.2) is 0 Å². The molecular formula is C15H13N5O2. The molecule has 0 aliphatic carbocycles. The topological polar surface area (TPSA) is 107 Å². The molecule has 0 aliphatic rings. The van der Waals surface area contributed by atoms with Crippen molar-refractivity contribution < 1.29 is 5.11 Å². The van der Waals surface area contributed by atoms with Crippen molar-refractivity contribution in [1.82, 2.24) is 14.0 Å². The van der Waals surface area contributed by atoms with Crippen LogP contribution in [0.2, 0.25) is 0 Å². The molecule has 0 saturated heterocycles. The second kappa shape index (κ2) is 5.09. The summed E-state index contributed by atoms with van der Waals surface area (Å²) in [5.74, 6) is 0. The first-order valence-electron chi connectivity index (χ1n) is 6.69. The van der Waals surface area contributed by atoms with Gasteiger partial charge in [-0.15, -0.1) is 0 Å². The van der Waals surface area contributed by atoms with Gasteiger partial charge >= 0.3 is 0 Å². The van der Waals surface area contributed by atoms with Crippen LogP contribution in [0.3, 0.4) is 0 Å². The molecule has 3 rings (SSSR count). The number of hydrogen-bond acceptors (Lipinski definition) is 5. The first-order chi connectivity index (χ1) is 10.6. The fourth-order valence-electron chi connectivity index (χ4n) is 2.44. The standard InChI is InChI=1S/C15H13N5O2/c1-9-2-3-19-12(6-9)18-14-11(15(19)22)7-10(8-16)13(17)20(14)4-5-21/h2-3,6-7,17,21H,4-5H2,1H3. The van der Waals surface area contributed by atoms with E-state index in [1.165, 1.54) is 15.0 Å². The van der Waals surface area contributed by atoms with Gasteiger partial charge in [0, 0.05) is 12.7 Å². The molecular weight excluding hydrogens is 282 g/mol. The molecule has 0 amide bonds. The van der Waals surface area contributed by atoms with Crippen molar-refractivity contribution >= 4 is 16.7 Å². The van der Waals surface area contributed by atoms with E-state index in [1.807, 2.05) is 13.0 Å². The predicted octanol–water partition coefficient (Wildman–Crippen LogP) is 0.301. The van der Waals surface area contributed by atoms with Gasteiger partial charge in [0.25, 0.3) is 5.56 Å². The van der Waals surface area contributed by atoms with Crippen LogP contribution in [0.1, 0.15) is 11.1 Å². The van der Waals surface area contributed by atoms with E-state index in [0.29, 0.717) is 11.3 Å². The highest BCUT2D eigenvalue weighted by molar-refractivity contribution is 5.77. The molecule has 3 heterocycles. The molecule has 0 radical (unpaired) electrons. The highest BCUT2D eigenvalue weighted by Gasteiger charge is 2.12. The summed E-state index contributed by atoms with van der Waals surface area (Å²) in [6, 6.07) is 6.86. The van der Waals surface area contributed by atoms with E-state index in [1.54, 1.807) is 18.3 Å². The van der Waals surface area contributed by atoms with Gasteiger partial charge < -0.3 is 9.67 Å². The van der Waals surface area contributed by atoms with Gasteiger partial charge in [0.05, 0.1) is 17.6 Å². The van der Waals surface area contributed by atoms with Crippen LogP contribution in [0.5, 0.6) is 0 Å². The summed E-state index contributed by atoms with van der Waals surface area (Å²) in [4.78, 5) is 17.1. The Morgan fingerprint density at radius 2 is 2.23 bits per heavy atom. The zero-order chi connectivity index (χ0) is 15.9. The second-order valence-corrected chi connectivity index (χ2v) is 4.98. The number of aryl methyl sites for hydroxylation is 1. The molecule has 7 nitrogen and oxygen atoms in total. The van der Waals surface area contributed by atoms with Gasteiger partial charge in [-0.2, -0.15) is 5.26 Å². The highest BCUT2D eigenvalue weighted by Crippen LogP contribution is 2.10. The molecule has 7 heteroatoms. The number of fused-ring (bicyclic) bond motifs is 2. The smallest absolute Gasteiger partial charge is 0.267 e. The van der Waals surface area contributed by atoms with Crippen molar-refractivity contribution in [2.24, 2.45) is 0 Å². The summed E-state index contributed by atoms with van der Waals surface area (Å²) in [7, 11) is 0. The van der Waals surface area contributed by atoms with E-state index >= 15 is 0 Å². The van der Waals surface area contributed by atoms with Crippen LogP contribution in [0.15, 0.2) is 29.2 Å². The quantitative estimate of drug-likeness (QED) is 0.663. The number of aromatic nitrogens is 3. The number of nitriles is 1. The van der Waals surface area contributed by atoms with Crippen LogP contribution in [0, 0.1) is 23.7 Å². The lowest BCUT2D eigenvalue weighted by Crippen LogP contribution is -2.28. The van der Waals surface area contributed by atoms with E-state index in [2.05, 4.69) is 4.98 Å². The number of aliphatic hydroxyl groups excluding tert-OH is 1. The third-order valence-electron chi connectivity index (χ3n) is 3.51. The summed E-state index contributed by atoms with van der Waals surface area (Å²) >= 11 is 0. The number of nitrogens with one attached hydrogen (secondary N) is 1. The predicted molar refractivity (Wildman–Crippen MR) is 79.4 cm³/mol. The van der Waals surface area contributed by atoms with Crippen LogP contribution in [-0.2, 0) is 6.54 Å². The normalized spacial score (nSPS) is 11.0. The summed E-state index contributed by atoms with van der Waals surface area (Å²) in [5.41, 5.74) is 1.43. The summed E-state index contributed by atoms with van der Waals surface area (Å²) < 4.78 is 2.79. The molecule has 0 bridgehead atoms. The zero-order valence-electron chi connectivity index (χ0n) is 11.9. The van der Waals surface area contributed by atoms with Gasteiger partial charge in [-0.3, -0.25) is 14.6 Å². The van der Waals surface area contributed by atoms with E-state index in [-0.39, 0.29) is 35.1 Å². The Balaban J connectivity index is 2.58. The van der Waals surface area contributed by atoms with E-state index in [0.717, 1.165) is 5.56 Å². The van der Waals surface area contributed by atoms with Crippen molar-refractivity contribution in [2.45, 2.75) is 13.5 Å². The maximum Gasteiger partial charge on any atom is 0.267 e. The summed E-state index contributed by atoms with van der Waals surface area (Å²) in [5, 5.41) is 26.6. The Morgan fingerprint density at radius 3 is 2.91 bits per heavy atom. The van der Waals surface area contributed by atoms with Gasteiger partial charge in [-0.05, 0) is 30.7 Å². The maximum absolute atomic E-state index is 12.6. The van der Waals surface area contributed by atoms with Gasteiger partial charge in [-0.25, -0.2) is 4.98 Å². The molecule has 22 heavy (non-hydrogen) atoms. The Bertz CT molecular complexity index is 1060. The number of rotatable bonds is 2. The number of aliphatic hydroxyl groups is 1. The van der Waals surface area contributed by atoms with Crippen LogP contribution in [0.4, 0.5) is 0 Å². The van der Waals surface area contributed by atoms with Crippen LogP contribution in [-0.4, -0.2) is 25.7 Å². The van der Waals surface area contributed by atoms with E-state index in [4.69, 9.17) is 10.7 Å². The van der Waals surface area contributed by atoms with Crippen molar-refractivity contribution in [3.63, 3.8) is 0 Å². The highest BCUT2D eigenvalue weighted by atomic mass is 16.3. The van der Waals surface area contributed by atoms with Crippen LogP contribution < -0.4 is 11.0 Å². The average molecular weight is 295 g/mol. The molecule has 2 N–H and O–H groups in total. The molecule has 3 aromatic rings. The Morgan fingerprint density at radius 1 is 1.45 bits per heavy atom. The van der Waals surface area contributed by atoms with Crippen molar-refractivity contribution in [3.8, 4) is 6.07 Å². The largest absolute Gasteiger partial charge is 0.395 e. The molecule has 0 spiro atoms. The number of pyridine rings is 2. The Kier molecular flexibility index (Phi) is 3.23. The van der Waals surface area contributed by atoms with E-state index < -0.39 is 0 Å². The summed E-state index contributed by atoms with van der Waals surface area (Å²) in [6.45, 7) is 1.78. The minimum Gasteiger partial charge on any atom is -0.395 e. The fourth-order valence-corrected chi connectivity index (χ4v) is 2.44. The lowest BCUT2D eigenvalue weighted by molar-refractivity contribution is 0.275. The fraction of sp³-hybridized carbons (Fsp3) is 0.200. The molecule has 0 fully saturated rings.